The van der Waals surface area contributed by atoms with E-state index in [1.165, 1.54) is 0 Å². The van der Waals surface area contributed by atoms with E-state index >= 15 is 0 Å². The van der Waals surface area contributed by atoms with Crippen LogP contribution in [0.3, 0.4) is 0 Å². The van der Waals surface area contributed by atoms with E-state index in [-0.39, 0.29) is 30.2 Å². The Kier molecular flexibility index (Phi) is 5.58. The lowest BCUT2D eigenvalue weighted by Crippen LogP contribution is -2.38. The summed E-state index contributed by atoms with van der Waals surface area (Å²) in [5.41, 5.74) is 1.80. The summed E-state index contributed by atoms with van der Waals surface area (Å²) < 4.78 is 6.08. The van der Waals surface area contributed by atoms with Crippen molar-refractivity contribution in [3.8, 4) is 0 Å². The fourth-order valence-electron chi connectivity index (χ4n) is 2.63. The minimum atomic E-state index is -0.309. The first kappa shape index (κ1) is 17.0. The molecule has 1 heterocycles. The van der Waals surface area contributed by atoms with Crippen molar-refractivity contribution in [3.05, 3.63) is 28.2 Å². The molecule has 0 unspecified atom stereocenters. The monoisotopic (exact) mass is 368 g/mol. The van der Waals surface area contributed by atoms with E-state index in [2.05, 4.69) is 21.2 Å². The molecule has 5 nitrogen and oxygen atoms in total. The molecule has 22 heavy (non-hydrogen) atoms. The highest BCUT2D eigenvalue weighted by Crippen LogP contribution is 2.24. The number of benzene rings is 1. The summed E-state index contributed by atoms with van der Waals surface area (Å²) in [6.45, 7) is 4.82. The zero-order valence-corrected chi connectivity index (χ0v) is 14.6. The van der Waals surface area contributed by atoms with Gasteiger partial charge in [-0.2, -0.15) is 0 Å². The SMILES string of the molecule is COC[C@H](C)N1C[C@H](C(=O)Nc2ccc(Br)c(C)c2)CC1=O. The molecule has 2 rings (SSSR count). The fourth-order valence-corrected chi connectivity index (χ4v) is 2.88. The second-order valence-electron chi connectivity index (χ2n) is 5.70. The molecule has 1 aromatic carbocycles. The summed E-state index contributed by atoms with van der Waals surface area (Å²) in [6.07, 6.45) is 0.259. The number of aryl methyl sites for hydroxylation is 1. The Morgan fingerprint density at radius 3 is 2.91 bits per heavy atom. The van der Waals surface area contributed by atoms with Gasteiger partial charge in [0.15, 0.2) is 0 Å². The number of anilines is 1. The van der Waals surface area contributed by atoms with Crippen molar-refractivity contribution in [1.82, 2.24) is 4.90 Å². The highest BCUT2D eigenvalue weighted by Gasteiger charge is 2.36. The molecular formula is C16H21BrN2O3. The molecule has 2 atom stereocenters. The number of hydrogen-bond donors (Lipinski definition) is 1. The second-order valence-corrected chi connectivity index (χ2v) is 6.56. The molecule has 1 aromatic rings. The van der Waals surface area contributed by atoms with E-state index in [1.807, 2.05) is 32.0 Å². The summed E-state index contributed by atoms with van der Waals surface area (Å²) >= 11 is 3.43. The topological polar surface area (TPSA) is 58.6 Å². The van der Waals surface area contributed by atoms with Crippen LogP contribution in [-0.2, 0) is 14.3 Å². The standard InChI is InChI=1S/C16H21BrN2O3/c1-10-6-13(4-5-14(10)17)18-16(21)12-7-15(20)19(8-12)11(2)9-22-3/h4-6,11-12H,7-9H2,1-3H3,(H,18,21)/t11-,12+/m0/s1. The van der Waals surface area contributed by atoms with E-state index in [9.17, 15) is 9.59 Å². The Labute approximate surface area is 139 Å². The van der Waals surface area contributed by atoms with Gasteiger partial charge in [-0.15, -0.1) is 0 Å². The normalized spacial score (nSPS) is 19.4. The third-order valence-corrected chi connectivity index (χ3v) is 4.78. The first-order valence-corrected chi connectivity index (χ1v) is 8.07. The molecule has 1 aliphatic rings. The number of nitrogens with one attached hydrogen (secondary N) is 1. The Morgan fingerprint density at radius 1 is 1.55 bits per heavy atom. The van der Waals surface area contributed by atoms with Crippen LogP contribution >= 0.6 is 15.9 Å². The third-order valence-electron chi connectivity index (χ3n) is 3.89. The zero-order valence-electron chi connectivity index (χ0n) is 13.1. The van der Waals surface area contributed by atoms with E-state index in [1.54, 1.807) is 12.0 Å². The van der Waals surface area contributed by atoms with Crippen molar-refractivity contribution in [3.63, 3.8) is 0 Å². The van der Waals surface area contributed by atoms with Crippen molar-refractivity contribution >= 4 is 33.4 Å². The zero-order chi connectivity index (χ0) is 16.3. The molecule has 0 radical (unpaired) electrons. The van der Waals surface area contributed by atoms with Crippen LogP contribution in [0.2, 0.25) is 0 Å². The van der Waals surface area contributed by atoms with Crippen LogP contribution in [0.15, 0.2) is 22.7 Å². The highest BCUT2D eigenvalue weighted by molar-refractivity contribution is 9.10. The van der Waals surface area contributed by atoms with Gasteiger partial charge in [-0.1, -0.05) is 15.9 Å². The minimum Gasteiger partial charge on any atom is -0.383 e. The van der Waals surface area contributed by atoms with Gasteiger partial charge >= 0.3 is 0 Å². The largest absolute Gasteiger partial charge is 0.383 e. The fraction of sp³-hybridized carbons (Fsp3) is 0.500. The average molecular weight is 369 g/mol. The molecule has 0 saturated carbocycles. The molecular weight excluding hydrogens is 348 g/mol. The summed E-state index contributed by atoms with van der Waals surface area (Å²) in [4.78, 5) is 26.1. The highest BCUT2D eigenvalue weighted by atomic mass is 79.9. The second kappa shape index (κ2) is 7.24. The van der Waals surface area contributed by atoms with Gasteiger partial charge in [0, 0.05) is 30.2 Å². The Balaban J connectivity index is 1.99. The van der Waals surface area contributed by atoms with Crippen molar-refractivity contribution < 1.29 is 14.3 Å². The number of rotatable bonds is 5. The smallest absolute Gasteiger partial charge is 0.229 e. The first-order chi connectivity index (χ1) is 10.4. The maximum Gasteiger partial charge on any atom is 0.229 e. The predicted molar refractivity (Wildman–Crippen MR) is 88.7 cm³/mol. The van der Waals surface area contributed by atoms with E-state index in [4.69, 9.17) is 4.74 Å². The van der Waals surface area contributed by atoms with E-state index in [0.717, 1.165) is 15.7 Å². The van der Waals surface area contributed by atoms with Crippen LogP contribution < -0.4 is 5.32 Å². The molecule has 120 valence electrons. The third kappa shape index (κ3) is 3.87. The lowest BCUT2D eigenvalue weighted by atomic mass is 10.1. The van der Waals surface area contributed by atoms with Crippen LogP contribution in [-0.4, -0.2) is 43.0 Å². The van der Waals surface area contributed by atoms with Gasteiger partial charge in [0.05, 0.1) is 18.6 Å². The maximum absolute atomic E-state index is 12.3. The quantitative estimate of drug-likeness (QED) is 0.868. The number of ether oxygens (including phenoxy) is 1. The van der Waals surface area contributed by atoms with Crippen molar-refractivity contribution in [2.75, 3.05) is 25.6 Å². The molecule has 2 amide bonds. The van der Waals surface area contributed by atoms with E-state index in [0.29, 0.717) is 13.2 Å². The molecule has 1 aliphatic heterocycles. The maximum atomic E-state index is 12.3. The molecule has 0 aromatic heterocycles. The summed E-state index contributed by atoms with van der Waals surface area (Å²) in [5.74, 6) is -0.408. The number of methoxy groups -OCH3 is 1. The molecule has 1 saturated heterocycles. The van der Waals surface area contributed by atoms with Gasteiger partial charge in [-0.05, 0) is 37.6 Å². The number of nitrogens with zero attached hydrogens (tertiary/aromatic N) is 1. The van der Waals surface area contributed by atoms with Gasteiger partial charge in [-0.3, -0.25) is 9.59 Å². The van der Waals surface area contributed by atoms with Gasteiger partial charge in [0.25, 0.3) is 0 Å². The average Bonchev–Trinajstić information content (AvgIpc) is 2.85. The van der Waals surface area contributed by atoms with Gasteiger partial charge in [0.2, 0.25) is 11.8 Å². The summed E-state index contributed by atoms with van der Waals surface area (Å²) in [6, 6.07) is 5.64. The van der Waals surface area contributed by atoms with Crippen LogP contribution in [0.5, 0.6) is 0 Å². The molecule has 0 bridgehead atoms. The summed E-state index contributed by atoms with van der Waals surface area (Å²) in [5, 5.41) is 2.89. The predicted octanol–water partition coefficient (Wildman–Crippen LogP) is 2.58. The lowest BCUT2D eigenvalue weighted by molar-refractivity contribution is -0.130. The Morgan fingerprint density at radius 2 is 2.27 bits per heavy atom. The first-order valence-electron chi connectivity index (χ1n) is 7.27. The molecule has 1 fully saturated rings. The van der Waals surface area contributed by atoms with Gasteiger partial charge < -0.3 is 15.0 Å². The molecule has 6 heteroatoms. The van der Waals surface area contributed by atoms with Gasteiger partial charge in [0.1, 0.15) is 0 Å². The van der Waals surface area contributed by atoms with E-state index < -0.39 is 0 Å². The molecule has 0 spiro atoms. The minimum absolute atomic E-state index is 0.00905. The van der Waals surface area contributed by atoms with Crippen LogP contribution in [0.1, 0.15) is 18.9 Å². The van der Waals surface area contributed by atoms with Crippen LogP contribution in [0, 0.1) is 12.8 Å². The Hall–Kier alpha value is -1.40. The number of halogens is 1. The van der Waals surface area contributed by atoms with Gasteiger partial charge in [-0.25, -0.2) is 0 Å². The number of carbonyl (C=O) groups is 2. The summed E-state index contributed by atoms with van der Waals surface area (Å²) in [7, 11) is 1.61. The number of carbonyl (C=O) groups excluding carboxylic acids is 2. The van der Waals surface area contributed by atoms with Crippen molar-refractivity contribution in [2.45, 2.75) is 26.3 Å². The molecule has 1 N–H and O–H groups in total. The number of amides is 2. The Bertz CT molecular complexity index is 577. The van der Waals surface area contributed by atoms with Crippen LogP contribution in [0.25, 0.3) is 0 Å². The lowest BCUT2D eigenvalue weighted by Gasteiger charge is -2.23. The number of hydrogen-bond acceptors (Lipinski definition) is 3. The molecule has 0 aliphatic carbocycles. The van der Waals surface area contributed by atoms with Crippen molar-refractivity contribution in [1.29, 1.82) is 0 Å². The van der Waals surface area contributed by atoms with Crippen LogP contribution in [0.4, 0.5) is 5.69 Å². The van der Waals surface area contributed by atoms with Crippen molar-refractivity contribution in [2.24, 2.45) is 5.92 Å². The number of likely N-dealkylation sites (tertiary alicyclic amines) is 1.